The predicted octanol–water partition coefficient (Wildman–Crippen LogP) is 2.58. The summed E-state index contributed by atoms with van der Waals surface area (Å²) in [6.07, 6.45) is -1.39. The molecule has 0 radical (unpaired) electrons. The Hall–Kier alpha value is -4.08. The number of hydrogen-bond donors (Lipinski definition) is 4. The van der Waals surface area contributed by atoms with Crippen LogP contribution in [0.3, 0.4) is 0 Å². The first-order valence-corrected chi connectivity index (χ1v) is 11.1. The van der Waals surface area contributed by atoms with Crippen LogP contribution in [0.15, 0.2) is 60.7 Å². The molecule has 0 fully saturated rings. The molecule has 0 spiro atoms. The second kappa shape index (κ2) is 13.0. The maximum Gasteiger partial charge on any atom is 0.408 e. The summed E-state index contributed by atoms with van der Waals surface area (Å²) < 4.78 is 10.3. The molecule has 35 heavy (non-hydrogen) atoms. The van der Waals surface area contributed by atoms with E-state index in [0.29, 0.717) is 0 Å². The van der Waals surface area contributed by atoms with Crippen molar-refractivity contribution < 1.29 is 28.7 Å². The van der Waals surface area contributed by atoms with Crippen LogP contribution in [0.25, 0.3) is 0 Å². The van der Waals surface area contributed by atoms with Crippen molar-refractivity contribution in [3.63, 3.8) is 0 Å². The molecular formula is C25H32N4O6. The average Bonchev–Trinajstić information content (AvgIpc) is 2.80. The van der Waals surface area contributed by atoms with Crippen LogP contribution in [0, 0.1) is 0 Å². The van der Waals surface area contributed by atoms with Crippen LogP contribution >= 0.6 is 0 Å². The van der Waals surface area contributed by atoms with E-state index in [1.807, 2.05) is 60.7 Å². The second-order valence-corrected chi connectivity index (χ2v) is 8.79. The maximum absolute atomic E-state index is 12.8. The number of nitrogens with one attached hydrogen (secondary N) is 4. The minimum Gasteiger partial charge on any atom is -0.445 e. The van der Waals surface area contributed by atoms with Gasteiger partial charge in [-0.2, -0.15) is 0 Å². The lowest BCUT2D eigenvalue weighted by atomic mass is 10.1. The van der Waals surface area contributed by atoms with Crippen molar-refractivity contribution in [2.75, 3.05) is 0 Å². The molecule has 0 aliphatic rings. The molecule has 188 valence electrons. The molecule has 2 aromatic carbocycles. The fraction of sp³-hybridized carbons (Fsp3) is 0.360. The molecule has 10 heteroatoms. The third-order valence-corrected chi connectivity index (χ3v) is 4.54. The van der Waals surface area contributed by atoms with Crippen molar-refractivity contribution in [2.24, 2.45) is 0 Å². The molecule has 0 saturated carbocycles. The number of carbonyl (C=O) groups excluding carboxylic acids is 4. The van der Waals surface area contributed by atoms with E-state index in [-0.39, 0.29) is 13.0 Å². The quantitative estimate of drug-likeness (QED) is 0.426. The number of alkyl carbamates (subject to hydrolysis) is 2. The third kappa shape index (κ3) is 10.6. The first-order valence-electron chi connectivity index (χ1n) is 11.1. The van der Waals surface area contributed by atoms with Crippen LogP contribution in [0.2, 0.25) is 0 Å². The van der Waals surface area contributed by atoms with Gasteiger partial charge in [-0.25, -0.2) is 9.59 Å². The summed E-state index contributed by atoms with van der Waals surface area (Å²) in [5.74, 6) is -1.34. The van der Waals surface area contributed by atoms with Gasteiger partial charge in [0, 0.05) is 6.42 Å². The Morgan fingerprint density at radius 1 is 0.771 bits per heavy atom. The average molecular weight is 485 g/mol. The number of hydrazine groups is 1. The molecular weight excluding hydrogens is 452 g/mol. The highest BCUT2D eigenvalue weighted by molar-refractivity contribution is 5.90. The molecule has 0 aliphatic carbocycles. The lowest BCUT2D eigenvalue weighted by molar-refractivity contribution is -0.130. The molecule has 2 aromatic rings. The summed E-state index contributed by atoms with van der Waals surface area (Å²) in [5.41, 5.74) is 5.40. The highest BCUT2D eigenvalue weighted by Gasteiger charge is 2.25. The minimum atomic E-state index is -1.03. The molecule has 2 atom stereocenters. The van der Waals surface area contributed by atoms with Gasteiger partial charge in [0.1, 0.15) is 24.3 Å². The van der Waals surface area contributed by atoms with Gasteiger partial charge in [0.05, 0.1) is 0 Å². The van der Waals surface area contributed by atoms with Gasteiger partial charge in [-0.3, -0.25) is 20.4 Å². The highest BCUT2D eigenvalue weighted by atomic mass is 16.6. The van der Waals surface area contributed by atoms with Gasteiger partial charge in [-0.15, -0.1) is 0 Å². The minimum absolute atomic E-state index is 0.0386. The topological polar surface area (TPSA) is 135 Å². The number of hydrogen-bond acceptors (Lipinski definition) is 6. The predicted molar refractivity (Wildman–Crippen MR) is 129 cm³/mol. The van der Waals surface area contributed by atoms with Gasteiger partial charge in [0.15, 0.2) is 0 Å². The van der Waals surface area contributed by atoms with Crippen LogP contribution in [0.5, 0.6) is 0 Å². The van der Waals surface area contributed by atoms with Crippen molar-refractivity contribution in [3.05, 3.63) is 71.8 Å². The molecule has 0 bridgehead atoms. The first-order chi connectivity index (χ1) is 16.5. The number of amides is 4. The number of ether oxygens (including phenoxy) is 2. The maximum atomic E-state index is 12.8. The largest absolute Gasteiger partial charge is 0.445 e. The summed E-state index contributed by atoms with van der Waals surface area (Å²) in [7, 11) is 0. The molecule has 0 aromatic heterocycles. The number of carbonyl (C=O) groups is 4. The summed E-state index contributed by atoms with van der Waals surface area (Å²) in [4.78, 5) is 49.3. The van der Waals surface area contributed by atoms with Gasteiger partial charge in [0.2, 0.25) is 0 Å². The van der Waals surface area contributed by atoms with Crippen molar-refractivity contribution in [2.45, 2.75) is 58.4 Å². The van der Waals surface area contributed by atoms with Gasteiger partial charge >= 0.3 is 12.2 Å². The van der Waals surface area contributed by atoms with Crippen LogP contribution < -0.4 is 21.5 Å². The lowest BCUT2D eigenvalue weighted by Gasteiger charge is -2.22. The van der Waals surface area contributed by atoms with E-state index >= 15 is 0 Å². The number of rotatable bonds is 8. The molecule has 4 amide bonds. The highest BCUT2D eigenvalue weighted by Crippen LogP contribution is 2.07. The van der Waals surface area contributed by atoms with Crippen molar-refractivity contribution >= 4 is 24.0 Å². The van der Waals surface area contributed by atoms with Crippen molar-refractivity contribution in [1.82, 2.24) is 21.5 Å². The summed E-state index contributed by atoms with van der Waals surface area (Å²) >= 11 is 0. The first kappa shape index (κ1) is 27.2. The smallest absolute Gasteiger partial charge is 0.408 e. The molecule has 0 heterocycles. The Morgan fingerprint density at radius 2 is 1.31 bits per heavy atom. The standard InChI is InChI=1S/C25H32N4O6/c1-17(26-24(33)35-25(2,3)4)21(30)28-29-22(31)20(15-18-11-7-5-8-12-18)27-23(32)34-16-19-13-9-6-10-14-19/h5-14,17,20H,15-16H2,1-4H3,(H,26,33)(H,27,32)(H,28,30)(H,29,31)/t17-,20-/m0/s1. The second-order valence-electron chi connectivity index (χ2n) is 8.79. The van der Waals surface area contributed by atoms with Crippen LogP contribution in [-0.2, 0) is 32.1 Å². The van der Waals surface area contributed by atoms with E-state index in [4.69, 9.17) is 9.47 Å². The van der Waals surface area contributed by atoms with E-state index < -0.39 is 41.7 Å². The van der Waals surface area contributed by atoms with E-state index in [9.17, 15) is 19.2 Å². The molecule has 0 saturated heterocycles. The van der Waals surface area contributed by atoms with Gasteiger partial charge in [-0.05, 0) is 38.8 Å². The zero-order valence-electron chi connectivity index (χ0n) is 20.3. The van der Waals surface area contributed by atoms with Gasteiger partial charge in [0.25, 0.3) is 11.8 Å². The van der Waals surface area contributed by atoms with Crippen LogP contribution in [0.4, 0.5) is 9.59 Å². The Bertz CT molecular complexity index is 992. The summed E-state index contributed by atoms with van der Waals surface area (Å²) in [6, 6.07) is 16.2. The number of benzene rings is 2. The van der Waals surface area contributed by atoms with Crippen molar-refractivity contribution in [1.29, 1.82) is 0 Å². The fourth-order valence-corrected chi connectivity index (χ4v) is 2.83. The fourth-order valence-electron chi connectivity index (χ4n) is 2.83. The SMILES string of the molecule is C[C@H](NC(=O)OC(C)(C)C)C(=O)NNC(=O)[C@H](Cc1ccccc1)NC(=O)OCc1ccccc1. The molecule has 4 N–H and O–H groups in total. The van der Waals surface area contributed by atoms with Gasteiger partial charge in [-0.1, -0.05) is 60.7 Å². The van der Waals surface area contributed by atoms with E-state index in [1.54, 1.807) is 20.8 Å². The van der Waals surface area contributed by atoms with Gasteiger partial charge < -0.3 is 20.1 Å². The molecule has 2 rings (SSSR count). The monoisotopic (exact) mass is 484 g/mol. The van der Waals surface area contributed by atoms with Crippen molar-refractivity contribution in [3.8, 4) is 0 Å². The molecule has 0 aliphatic heterocycles. The Balaban J connectivity index is 1.93. The lowest BCUT2D eigenvalue weighted by Crippen LogP contribution is -2.56. The van der Waals surface area contributed by atoms with E-state index in [0.717, 1.165) is 11.1 Å². The molecule has 0 unspecified atom stereocenters. The van der Waals surface area contributed by atoms with E-state index in [2.05, 4.69) is 21.5 Å². The van der Waals surface area contributed by atoms with E-state index in [1.165, 1.54) is 6.92 Å². The summed E-state index contributed by atoms with van der Waals surface area (Å²) in [6.45, 7) is 6.57. The molecule has 10 nitrogen and oxygen atoms in total. The third-order valence-electron chi connectivity index (χ3n) is 4.54. The van der Waals surface area contributed by atoms with Crippen LogP contribution in [-0.4, -0.2) is 41.7 Å². The Morgan fingerprint density at radius 3 is 1.89 bits per heavy atom. The zero-order chi connectivity index (χ0) is 25.8. The summed E-state index contributed by atoms with van der Waals surface area (Å²) in [5, 5.41) is 4.91. The Labute approximate surface area is 204 Å². The Kier molecular flexibility index (Phi) is 10.1. The zero-order valence-corrected chi connectivity index (χ0v) is 20.3. The van der Waals surface area contributed by atoms with Crippen LogP contribution in [0.1, 0.15) is 38.8 Å². The normalized spacial score (nSPS) is 12.5.